The maximum atomic E-state index is 13.6. The summed E-state index contributed by atoms with van der Waals surface area (Å²) in [6, 6.07) is 33.5. The molecule has 14 atom stereocenters. The van der Waals surface area contributed by atoms with Crippen LogP contribution in [0.3, 0.4) is 0 Å². The SMILES string of the molecule is CN1CCN(C(C)(C)C=C(C#N)C(=O)N2CCC[C@H](OC(=O)N[C@@H](Cc3ccccc3)B(O)O)C2)CC1.CN1CCN(C(C)(C)C=C(C#N)C(=O)N2CCC[C@H](OC(=O)N[C@@H](Cc3ccccc3)B3O[C@@H]4C[C@@H]5C[C@@H](C5(C)C)[C@]4(C)O3)C2)CC1.CN1CCN(C(C)(C)C=O)CC1.[C-]#[N+]CC(=O)N1CCC[C@H](OC(=O)N[C@@H](Cc2ccccc2)B2O[C@@H]3C[C@@H]4C[C@@H](C4(C)C)[C@]3(C)O2)C1. The lowest BCUT2D eigenvalue weighted by Crippen LogP contribution is -2.65. The van der Waals surface area contributed by atoms with Crippen molar-refractivity contribution in [1.82, 2.24) is 60.0 Å². The van der Waals surface area contributed by atoms with Gasteiger partial charge in [0.05, 0.1) is 66.4 Å². The van der Waals surface area contributed by atoms with Crippen molar-refractivity contribution in [3.05, 3.63) is 142 Å². The number of aldehydes is 1. The highest BCUT2D eigenvalue weighted by Gasteiger charge is 2.70. The van der Waals surface area contributed by atoms with E-state index in [0.717, 1.165) is 127 Å². The van der Waals surface area contributed by atoms with Gasteiger partial charge in [0.1, 0.15) is 47.9 Å². The number of benzene rings is 3. The number of hydrogen-bond acceptors (Lipinski definition) is 24. The summed E-state index contributed by atoms with van der Waals surface area (Å²) in [5.41, 5.74) is 1.74. The molecule has 0 spiro atoms. The number of carbonyl (C=O) groups is 7. The van der Waals surface area contributed by atoms with E-state index in [1.54, 1.807) is 26.9 Å². The van der Waals surface area contributed by atoms with E-state index in [4.69, 9.17) is 39.4 Å². The lowest BCUT2D eigenvalue weighted by Gasteiger charge is -2.64. The van der Waals surface area contributed by atoms with E-state index in [0.29, 0.717) is 94.8 Å². The molecule has 6 amide bonds. The third-order valence-corrected chi connectivity index (χ3v) is 30.8. The number of nitriles is 2. The van der Waals surface area contributed by atoms with Crippen molar-refractivity contribution in [2.45, 2.75) is 243 Å². The number of nitrogens with one attached hydrogen (secondary N) is 3. The number of rotatable bonds is 24. The third kappa shape index (κ3) is 25.3. The van der Waals surface area contributed by atoms with Gasteiger partial charge in [-0.25, -0.2) is 21.0 Å². The monoisotopic (exact) mass is 1820 g/mol. The number of amides is 6. The van der Waals surface area contributed by atoms with Crippen molar-refractivity contribution in [3.63, 3.8) is 0 Å². The first-order valence-corrected chi connectivity index (χ1v) is 47.9. The maximum absolute atomic E-state index is 13.6. The van der Waals surface area contributed by atoms with Crippen LogP contribution in [0.15, 0.2) is 114 Å². The van der Waals surface area contributed by atoms with Gasteiger partial charge in [-0.1, -0.05) is 119 Å². The lowest BCUT2D eigenvalue weighted by molar-refractivity contribution is -0.199. The zero-order valence-electron chi connectivity index (χ0n) is 80.7. The van der Waals surface area contributed by atoms with Gasteiger partial charge in [0, 0.05) is 109 Å². The Kier molecular flexibility index (Phi) is 34.3. The van der Waals surface area contributed by atoms with Gasteiger partial charge in [-0.2, -0.15) is 10.5 Å². The number of alkyl carbamates (subject to hydrolysis) is 3. The van der Waals surface area contributed by atoms with E-state index in [1.165, 1.54) is 6.42 Å². The Balaban J connectivity index is 0.000000169. The minimum atomic E-state index is -1.76. The molecule has 132 heavy (non-hydrogen) atoms. The Morgan fingerprint density at radius 2 is 0.841 bits per heavy atom. The van der Waals surface area contributed by atoms with Crippen LogP contribution in [0.1, 0.15) is 164 Å². The van der Waals surface area contributed by atoms with E-state index < -0.39 is 92.4 Å². The number of nitrogens with zero attached hydrogens (tertiary/aromatic N) is 12. The summed E-state index contributed by atoms with van der Waals surface area (Å²) in [7, 11) is 3.38. The number of hydrogen-bond donors (Lipinski definition) is 5. The Morgan fingerprint density at radius 1 is 0.508 bits per heavy atom. The summed E-state index contributed by atoms with van der Waals surface area (Å²) in [6.45, 7) is 46.2. The van der Waals surface area contributed by atoms with Gasteiger partial charge in [0.2, 0.25) is 0 Å². The minimum Gasteiger partial charge on any atom is -0.444 e. The molecule has 8 saturated heterocycles. The van der Waals surface area contributed by atoms with E-state index in [9.17, 15) is 54.1 Å². The molecule has 0 aromatic heterocycles. The fraction of sp³-hybridized carbons (Fsp3) is 0.673. The fourth-order valence-electron chi connectivity index (χ4n) is 22.0. The van der Waals surface area contributed by atoms with Crippen LogP contribution in [-0.4, -0.2) is 339 Å². The van der Waals surface area contributed by atoms with Crippen LogP contribution < -0.4 is 16.0 Å². The minimum absolute atomic E-state index is 0.00176. The quantitative estimate of drug-likeness (QED) is 0.0140. The van der Waals surface area contributed by atoms with Crippen LogP contribution in [0.4, 0.5) is 14.4 Å². The van der Waals surface area contributed by atoms with Gasteiger partial charge < -0.3 is 97.9 Å². The van der Waals surface area contributed by atoms with Crippen molar-refractivity contribution in [2.75, 3.05) is 145 Å². The summed E-state index contributed by atoms with van der Waals surface area (Å²) >= 11 is 0. The first-order valence-electron chi connectivity index (χ1n) is 47.9. The van der Waals surface area contributed by atoms with Crippen molar-refractivity contribution in [2.24, 2.45) is 34.5 Å². The molecule has 17 rings (SSSR count). The van der Waals surface area contributed by atoms with E-state index in [-0.39, 0.29) is 89.1 Å². The average molecular weight is 1820 g/mol. The number of piperazine rings is 3. The lowest BCUT2D eigenvalue weighted by atomic mass is 9.43. The highest BCUT2D eigenvalue weighted by molar-refractivity contribution is 6.48. The van der Waals surface area contributed by atoms with E-state index in [1.807, 2.05) is 119 Å². The third-order valence-electron chi connectivity index (χ3n) is 30.8. The molecule has 8 heterocycles. The summed E-state index contributed by atoms with van der Waals surface area (Å²) in [6.07, 6.45) is 10.9. The molecule has 3 aromatic rings. The van der Waals surface area contributed by atoms with Crippen molar-refractivity contribution in [3.8, 4) is 12.1 Å². The number of ether oxygens (including phenoxy) is 3. The average Bonchev–Trinajstić information content (AvgIpc) is 1.42. The Labute approximate surface area is 783 Å². The molecule has 8 aliphatic heterocycles. The molecule has 6 saturated carbocycles. The normalized spacial score (nSPS) is 28.1. The zero-order valence-corrected chi connectivity index (χ0v) is 80.7. The summed E-state index contributed by atoms with van der Waals surface area (Å²) in [5.74, 6) is -0.571. The molecule has 34 heteroatoms. The second-order valence-electron chi connectivity index (χ2n) is 41.9. The second-order valence-corrected chi connectivity index (χ2v) is 41.9. The molecular formula is C98H144B3N15O16. The number of carbonyl (C=O) groups excluding carboxylic acids is 7. The number of likely N-dealkylation sites (N-methyl/N-ethyl adjacent to an activating group) is 3. The molecule has 31 nitrogen and oxygen atoms in total. The molecule has 6 aliphatic carbocycles. The summed E-state index contributed by atoms with van der Waals surface area (Å²) < 4.78 is 43.7. The first kappa shape index (κ1) is 102. The summed E-state index contributed by atoms with van der Waals surface area (Å²) in [4.78, 5) is 110. The van der Waals surface area contributed by atoms with Gasteiger partial charge in [-0.15, -0.1) is 0 Å². The van der Waals surface area contributed by atoms with Crippen LogP contribution in [0.25, 0.3) is 4.85 Å². The first-order chi connectivity index (χ1) is 62.6. The maximum Gasteiger partial charge on any atom is 0.482 e. The van der Waals surface area contributed by atoms with Crippen LogP contribution in [-0.2, 0) is 71.3 Å². The predicted octanol–water partition coefficient (Wildman–Crippen LogP) is 8.57. The number of likely N-dealkylation sites (tertiary alicyclic amines) is 3. The molecule has 0 unspecified atom stereocenters. The molecule has 716 valence electrons. The van der Waals surface area contributed by atoms with Gasteiger partial charge in [0.15, 0.2) is 0 Å². The Bertz CT molecular complexity index is 4610. The Hall–Kier alpha value is -8.79. The van der Waals surface area contributed by atoms with E-state index >= 15 is 0 Å². The van der Waals surface area contributed by atoms with Gasteiger partial charge in [-0.05, 0) is 223 Å². The molecule has 0 radical (unpaired) electrons. The highest BCUT2D eigenvalue weighted by atomic mass is 16.7. The van der Waals surface area contributed by atoms with Gasteiger partial charge >= 0.3 is 45.5 Å². The second kappa shape index (κ2) is 44.4. The standard InChI is InChI=1S/C36H52BN5O5.C27H36BN3O5.C26H38BN5O5.C9H18N2O/c1-34(2,42-17-15-40(6)16-18-42)22-26(23-38)32(43)41-14-10-13-28(24-41)45-33(44)39-31(19-25-11-8-7-9-12-25)37-46-30-21-27-20-29(35(27,3)4)36(30,5)47-37;1-26(2)19-14-21(26)27(3)22(15-19)35-28(36-27)23(13-18-9-6-5-7-10-18)30-25(33)34-20-11-8-12-31(17-20)24(32)16-29-4;1-26(2,32-14-12-30(3)13-15-32)17-21(18-28)24(33)31-11-7-10-22(19-31)37-25(34)29-23(27(35)36)16-20-8-5-4-6-9-20;1-9(2,8-12)11-6-4-10(3)5-7-11/h7-9,11-12,22,27-31H,10,13-21,24H2,1-6H3,(H,39,44);5-7,9-10,19-23H,8,11-17H2,1-3H3,(H,30,33);4-6,8-9,17,22-23,35-36H,7,10-16,19H2,1-3H3,(H,29,34);8H,4-7H2,1-3H3/t27-,28-,29-,30+,31-,36-;19-,20-,21-,22+,23-,27-;22-,23-;/m000./s1. The molecule has 14 fully saturated rings. The van der Waals surface area contributed by atoms with Crippen LogP contribution >= 0.6 is 0 Å². The predicted molar refractivity (Wildman–Crippen MR) is 504 cm³/mol. The van der Waals surface area contributed by atoms with E-state index in [2.05, 4.69) is 139 Å². The van der Waals surface area contributed by atoms with Gasteiger partial charge in [-0.3, -0.25) is 29.1 Å². The van der Waals surface area contributed by atoms with Crippen molar-refractivity contribution < 1.29 is 76.4 Å². The fourth-order valence-corrected chi connectivity index (χ4v) is 22.0. The highest BCUT2D eigenvalue weighted by Crippen LogP contribution is 2.67. The van der Waals surface area contributed by atoms with Crippen LogP contribution in [0.2, 0.25) is 0 Å². The molecule has 14 aliphatic rings. The topological polar surface area (TPSA) is 342 Å². The molecule has 3 aromatic carbocycles. The molecular weight excluding hydrogens is 1680 g/mol. The van der Waals surface area contributed by atoms with Crippen LogP contribution in [0.5, 0.6) is 0 Å². The number of piperidine rings is 3. The van der Waals surface area contributed by atoms with Gasteiger partial charge in [0.25, 0.3) is 18.4 Å². The smallest absolute Gasteiger partial charge is 0.444 e. The molecule has 5 N–H and O–H groups in total. The Morgan fingerprint density at radius 3 is 1.17 bits per heavy atom. The van der Waals surface area contributed by atoms with Crippen LogP contribution in [0, 0.1) is 63.7 Å². The largest absolute Gasteiger partial charge is 0.482 e. The van der Waals surface area contributed by atoms with Crippen molar-refractivity contribution in [1.29, 1.82) is 10.5 Å². The molecule has 4 bridgehead atoms. The van der Waals surface area contributed by atoms with Crippen molar-refractivity contribution >= 4 is 63.6 Å². The summed E-state index contributed by atoms with van der Waals surface area (Å²) in [5, 5.41) is 47.9. The zero-order chi connectivity index (χ0) is 95.3.